The number of nitrogens with zero attached hydrogens (tertiary/aromatic N) is 3. The summed E-state index contributed by atoms with van der Waals surface area (Å²) in [5.41, 5.74) is 11.6. The maximum atomic E-state index is 7.13. The van der Waals surface area contributed by atoms with E-state index in [1.807, 2.05) is 18.2 Å². The van der Waals surface area contributed by atoms with Crippen molar-refractivity contribution < 1.29 is 4.42 Å². The third-order valence-corrected chi connectivity index (χ3v) is 10.9. The Morgan fingerprint density at radius 3 is 2.00 bits per heavy atom. The van der Waals surface area contributed by atoms with Gasteiger partial charge < -0.3 is 8.98 Å². The van der Waals surface area contributed by atoms with Gasteiger partial charge in [-0.1, -0.05) is 133 Å². The molecule has 0 unspecified atom stereocenters. The average molecular weight is 654 g/mol. The Morgan fingerprint density at radius 2 is 1.20 bits per heavy atom. The van der Waals surface area contributed by atoms with Gasteiger partial charge in [-0.15, -0.1) is 0 Å². The molecule has 4 heteroatoms. The molecule has 0 bridgehead atoms. The van der Waals surface area contributed by atoms with Crippen LogP contribution in [0.5, 0.6) is 0 Å². The minimum absolute atomic E-state index is 0.248. The van der Waals surface area contributed by atoms with Crippen molar-refractivity contribution in [1.29, 1.82) is 0 Å². The summed E-state index contributed by atoms with van der Waals surface area (Å²) in [6, 6.07) is 53.7. The molecular formula is C47H31N3O. The topological polar surface area (TPSA) is 43.9 Å². The lowest BCUT2D eigenvalue weighted by Gasteiger charge is -2.19. The molecular weight excluding hydrogens is 623 g/mol. The lowest BCUT2D eigenvalue weighted by molar-refractivity contribution is 0.466. The van der Waals surface area contributed by atoms with Gasteiger partial charge in [-0.2, -0.15) is 0 Å². The van der Waals surface area contributed by atoms with E-state index in [1.165, 1.54) is 27.5 Å². The van der Waals surface area contributed by atoms with Crippen LogP contribution in [0.15, 0.2) is 156 Å². The van der Waals surface area contributed by atoms with Crippen molar-refractivity contribution in [3.63, 3.8) is 0 Å². The number of benzene rings is 7. The molecule has 0 spiro atoms. The Bertz CT molecular complexity index is 3040. The molecule has 1 aliphatic rings. The van der Waals surface area contributed by atoms with E-state index in [0.29, 0.717) is 5.82 Å². The molecule has 0 N–H and O–H groups in total. The van der Waals surface area contributed by atoms with E-state index >= 15 is 0 Å². The van der Waals surface area contributed by atoms with E-state index in [1.54, 1.807) is 0 Å². The highest BCUT2D eigenvalue weighted by Crippen LogP contribution is 2.54. The second-order valence-electron chi connectivity index (χ2n) is 14.1. The smallest absolute Gasteiger partial charge is 0.160 e. The molecule has 0 aliphatic heterocycles. The molecule has 0 saturated carbocycles. The van der Waals surface area contributed by atoms with E-state index < -0.39 is 0 Å². The zero-order chi connectivity index (χ0) is 33.8. The van der Waals surface area contributed by atoms with Crippen molar-refractivity contribution in [1.82, 2.24) is 14.5 Å². The first-order valence-corrected chi connectivity index (χ1v) is 17.5. The second kappa shape index (κ2) is 10.3. The van der Waals surface area contributed by atoms with Crippen LogP contribution >= 0.6 is 0 Å². The number of para-hydroxylation sites is 1. The highest BCUT2D eigenvalue weighted by Gasteiger charge is 2.41. The van der Waals surface area contributed by atoms with E-state index in [2.05, 4.69) is 152 Å². The summed E-state index contributed by atoms with van der Waals surface area (Å²) < 4.78 is 9.55. The van der Waals surface area contributed by atoms with Gasteiger partial charge in [0.1, 0.15) is 5.76 Å². The first-order chi connectivity index (χ1) is 25.1. The van der Waals surface area contributed by atoms with Crippen molar-refractivity contribution in [2.24, 2.45) is 0 Å². The SMILES string of the molecule is CC1(C)c2ccccc2-c2c1oc1c2ccc2c3ccccc3n(-c3cc4c(-c5ccccc5)nc(-c5ccccc5)nc4c4ccccc34)c21. The van der Waals surface area contributed by atoms with Crippen molar-refractivity contribution in [3.05, 3.63) is 163 Å². The van der Waals surface area contributed by atoms with E-state index in [9.17, 15) is 0 Å². The molecule has 0 amide bonds. The highest BCUT2D eigenvalue weighted by molar-refractivity contribution is 6.22. The van der Waals surface area contributed by atoms with Gasteiger partial charge in [-0.25, -0.2) is 9.97 Å². The quantitative estimate of drug-likeness (QED) is 0.178. The Morgan fingerprint density at radius 1 is 0.549 bits per heavy atom. The van der Waals surface area contributed by atoms with Gasteiger partial charge in [-0.3, -0.25) is 0 Å². The van der Waals surface area contributed by atoms with E-state index in [4.69, 9.17) is 14.4 Å². The summed E-state index contributed by atoms with van der Waals surface area (Å²) in [5, 5.41) is 6.70. The zero-order valence-corrected chi connectivity index (χ0v) is 28.2. The molecule has 0 saturated heterocycles. The number of fused-ring (bicyclic) bond motifs is 12. The number of aromatic nitrogens is 3. The minimum atomic E-state index is -0.248. The molecule has 7 aromatic carbocycles. The van der Waals surface area contributed by atoms with Crippen molar-refractivity contribution in [2.75, 3.05) is 0 Å². The fourth-order valence-corrected chi connectivity index (χ4v) is 8.59. The van der Waals surface area contributed by atoms with E-state index in [0.717, 1.165) is 71.9 Å². The molecule has 0 atom stereocenters. The molecule has 10 aromatic rings. The van der Waals surface area contributed by atoms with Gasteiger partial charge in [0.25, 0.3) is 0 Å². The molecule has 240 valence electrons. The first kappa shape index (κ1) is 28.3. The fourth-order valence-electron chi connectivity index (χ4n) is 8.59. The first-order valence-electron chi connectivity index (χ1n) is 17.5. The van der Waals surface area contributed by atoms with Crippen molar-refractivity contribution >= 4 is 54.5 Å². The van der Waals surface area contributed by atoms with Gasteiger partial charge in [0.2, 0.25) is 0 Å². The predicted molar refractivity (Wildman–Crippen MR) is 210 cm³/mol. The maximum Gasteiger partial charge on any atom is 0.160 e. The third kappa shape index (κ3) is 3.85. The van der Waals surface area contributed by atoms with Gasteiger partial charge >= 0.3 is 0 Å². The molecule has 3 heterocycles. The summed E-state index contributed by atoms with van der Waals surface area (Å²) in [6.07, 6.45) is 0. The molecule has 3 aromatic heterocycles. The number of hydrogen-bond donors (Lipinski definition) is 0. The van der Waals surface area contributed by atoms with Crippen LogP contribution in [-0.4, -0.2) is 14.5 Å². The van der Waals surface area contributed by atoms with Crippen LogP contribution in [0, 0.1) is 0 Å². The fraction of sp³-hybridized carbons (Fsp3) is 0.0638. The number of rotatable bonds is 3. The molecule has 4 nitrogen and oxygen atoms in total. The van der Waals surface area contributed by atoms with Crippen molar-refractivity contribution in [2.45, 2.75) is 19.3 Å². The zero-order valence-electron chi connectivity index (χ0n) is 28.2. The lowest BCUT2D eigenvalue weighted by atomic mass is 9.86. The number of furan rings is 1. The summed E-state index contributed by atoms with van der Waals surface area (Å²) in [4.78, 5) is 10.6. The molecule has 0 radical (unpaired) electrons. The van der Waals surface area contributed by atoms with Crippen LogP contribution < -0.4 is 0 Å². The van der Waals surface area contributed by atoms with Gasteiger partial charge in [0, 0.05) is 54.4 Å². The Hall–Kier alpha value is -6.52. The maximum absolute atomic E-state index is 7.13. The standard InChI is InChI=1S/C47H31N3O/c1-47(2)37-23-13-11-22-34(37)40-35-26-25-33-31-20-12-14-24-38(31)50(43(33)44(35)51-45(40)47)39-27-36-41(28-15-5-3-6-16-28)48-46(29-17-7-4-8-18-29)49-42(36)32-21-10-9-19-30(32)39/h3-27H,1-2H3. The number of hydrogen-bond acceptors (Lipinski definition) is 3. The Labute approximate surface area is 294 Å². The molecule has 0 fully saturated rings. The Kier molecular flexibility index (Phi) is 5.70. The van der Waals surface area contributed by atoms with Crippen molar-refractivity contribution in [3.8, 4) is 39.5 Å². The van der Waals surface area contributed by atoms with Gasteiger partial charge in [0.15, 0.2) is 11.4 Å². The summed E-state index contributed by atoms with van der Waals surface area (Å²) in [6.45, 7) is 4.55. The molecule has 51 heavy (non-hydrogen) atoms. The van der Waals surface area contributed by atoms with Crippen LogP contribution in [0.3, 0.4) is 0 Å². The van der Waals surface area contributed by atoms with Crippen LogP contribution in [-0.2, 0) is 5.41 Å². The van der Waals surface area contributed by atoms with E-state index in [-0.39, 0.29) is 5.41 Å². The predicted octanol–water partition coefficient (Wildman–Crippen LogP) is 12.3. The minimum Gasteiger partial charge on any atom is -0.457 e. The summed E-state index contributed by atoms with van der Waals surface area (Å²) >= 11 is 0. The average Bonchev–Trinajstić information content (AvgIpc) is 3.81. The van der Waals surface area contributed by atoms with Gasteiger partial charge in [0.05, 0.1) is 27.9 Å². The van der Waals surface area contributed by atoms with Crippen LogP contribution in [0.2, 0.25) is 0 Å². The highest BCUT2D eigenvalue weighted by atomic mass is 16.3. The third-order valence-electron chi connectivity index (χ3n) is 10.9. The molecule has 11 rings (SSSR count). The second-order valence-corrected chi connectivity index (χ2v) is 14.1. The van der Waals surface area contributed by atoms with Crippen LogP contribution in [0.1, 0.15) is 25.2 Å². The monoisotopic (exact) mass is 653 g/mol. The summed E-state index contributed by atoms with van der Waals surface area (Å²) in [5.74, 6) is 1.74. The normalized spacial score (nSPS) is 13.5. The summed E-state index contributed by atoms with van der Waals surface area (Å²) in [7, 11) is 0. The Balaban J connectivity index is 1.30. The van der Waals surface area contributed by atoms with Crippen LogP contribution in [0.25, 0.3) is 93.9 Å². The largest absolute Gasteiger partial charge is 0.457 e. The lowest BCUT2D eigenvalue weighted by Crippen LogP contribution is -2.14. The van der Waals surface area contributed by atoms with Crippen LogP contribution in [0.4, 0.5) is 0 Å². The van der Waals surface area contributed by atoms with Gasteiger partial charge in [-0.05, 0) is 43.2 Å². The molecule has 1 aliphatic carbocycles.